The van der Waals surface area contributed by atoms with Crippen LogP contribution in [0.1, 0.15) is 13.3 Å². The molecular weight excluding hydrogens is 332 g/mol. The van der Waals surface area contributed by atoms with Crippen molar-refractivity contribution in [1.82, 2.24) is 0 Å². The summed E-state index contributed by atoms with van der Waals surface area (Å²) in [7, 11) is 0. The molecule has 0 saturated carbocycles. The minimum Gasteiger partial charge on any atom is -0.491 e. The molecule has 0 bridgehead atoms. The Bertz CT molecular complexity index is 702. The lowest BCUT2D eigenvalue weighted by Crippen LogP contribution is -2.29. The predicted octanol–water partition coefficient (Wildman–Crippen LogP) is 1.74. The van der Waals surface area contributed by atoms with Gasteiger partial charge in [-0.05, 0) is 36.8 Å². The van der Waals surface area contributed by atoms with Crippen molar-refractivity contribution in [3.05, 3.63) is 47.9 Å². The van der Waals surface area contributed by atoms with E-state index in [0.29, 0.717) is 42.6 Å². The Morgan fingerprint density at radius 3 is 2.35 bits per heavy atom. The molecule has 0 saturated heterocycles. The SMILES string of the molecule is CCCOC1=C/C(=N/c2ccc(N(CCO)CCO)cc2)C(N)=CC1=N. The highest BCUT2D eigenvalue weighted by atomic mass is 16.5. The van der Waals surface area contributed by atoms with Gasteiger partial charge in [0.05, 0.1) is 42.6 Å². The smallest absolute Gasteiger partial charge is 0.146 e. The molecule has 0 aromatic heterocycles. The molecule has 1 aromatic rings. The van der Waals surface area contributed by atoms with Crippen LogP contribution in [0.3, 0.4) is 0 Å². The Kier molecular flexibility index (Phi) is 7.37. The molecule has 140 valence electrons. The van der Waals surface area contributed by atoms with Crippen LogP contribution in [0.15, 0.2) is 52.9 Å². The van der Waals surface area contributed by atoms with E-state index in [2.05, 4.69) is 4.99 Å². The van der Waals surface area contributed by atoms with Crippen LogP contribution in [0.25, 0.3) is 0 Å². The molecule has 0 unspecified atom stereocenters. The maximum absolute atomic E-state index is 9.13. The van der Waals surface area contributed by atoms with Gasteiger partial charge in [-0.25, -0.2) is 4.99 Å². The minimum atomic E-state index is 0.0165. The van der Waals surface area contributed by atoms with Gasteiger partial charge in [-0.15, -0.1) is 0 Å². The summed E-state index contributed by atoms with van der Waals surface area (Å²) < 4.78 is 5.57. The lowest BCUT2D eigenvalue weighted by Gasteiger charge is -2.22. The van der Waals surface area contributed by atoms with Gasteiger partial charge < -0.3 is 25.6 Å². The molecular formula is C19H26N4O3. The summed E-state index contributed by atoms with van der Waals surface area (Å²) in [5.74, 6) is 0.466. The van der Waals surface area contributed by atoms with E-state index in [0.717, 1.165) is 12.1 Å². The maximum atomic E-state index is 9.13. The number of aliphatic hydroxyl groups is 2. The lowest BCUT2D eigenvalue weighted by molar-refractivity contribution is 0.231. The maximum Gasteiger partial charge on any atom is 0.146 e. The van der Waals surface area contributed by atoms with Crippen molar-refractivity contribution < 1.29 is 14.9 Å². The molecule has 0 amide bonds. The summed E-state index contributed by atoms with van der Waals surface area (Å²) in [4.78, 5) is 6.43. The first-order valence-corrected chi connectivity index (χ1v) is 8.65. The number of allylic oxidation sites excluding steroid dienone is 2. The molecule has 0 atom stereocenters. The first-order valence-electron chi connectivity index (χ1n) is 8.65. The molecule has 26 heavy (non-hydrogen) atoms. The Morgan fingerprint density at radius 2 is 1.77 bits per heavy atom. The highest BCUT2D eigenvalue weighted by molar-refractivity contribution is 6.22. The van der Waals surface area contributed by atoms with E-state index in [1.54, 1.807) is 12.2 Å². The van der Waals surface area contributed by atoms with Crippen LogP contribution in [0.2, 0.25) is 0 Å². The fraction of sp³-hybridized carbons (Fsp3) is 0.368. The molecule has 0 fully saturated rings. The van der Waals surface area contributed by atoms with Gasteiger partial charge in [-0.1, -0.05) is 6.92 Å². The Labute approximate surface area is 153 Å². The molecule has 2 rings (SSSR count). The summed E-state index contributed by atoms with van der Waals surface area (Å²) in [6.07, 6.45) is 4.09. The Morgan fingerprint density at radius 1 is 1.12 bits per heavy atom. The number of nitrogens with one attached hydrogen (secondary N) is 1. The number of benzene rings is 1. The van der Waals surface area contributed by atoms with Gasteiger partial charge in [0, 0.05) is 24.9 Å². The molecule has 5 N–H and O–H groups in total. The standard InChI is InChI=1S/C19H26N4O3/c1-2-11-26-19-13-18(16(20)12-17(19)21)22-14-3-5-15(6-4-14)23(7-9-24)8-10-25/h3-6,12-13,21,24-25H,2,7-11,20H2,1H3/b21-17?,22-18-. The second-order valence-electron chi connectivity index (χ2n) is 5.82. The number of hydrogen-bond donors (Lipinski definition) is 4. The van der Waals surface area contributed by atoms with Gasteiger partial charge >= 0.3 is 0 Å². The zero-order valence-electron chi connectivity index (χ0n) is 15.0. The minimum absolute atomic E-state index is 0.0165. The number of aliphatic imine (C=N–C) groups is 1. The van der Waals surface area contributed by atoms with Crippen molar-refractivity contribution in [2.24, 2.45) is 10.7 Å². The number of nitrogens with zero attached hydrogens (tertiary/aromatic N) is 2. The molecule has 0 spiro atoms. The zero-order chi connectivity index (χ0) is 18.9. The molecule has 0 heterocycles. The predicted molar refractivity (Wildman–Crippen MR) is 104 cm³/mol. The summed E-state index contributed by atoms with van der Waals surface area (Å²) >= 11 is 0. The third-order valence-corrected chi connectivity index (χ3v) is 3.79. The van der Waals surface area contributed by atoms with Crippen LogP contribution in [-0.4, -0.2) is 54.5 Å². The molecule has 7 heteroatoms. The third-order valence-electron chi connectivity index (χ3n) is 3.79. The van der Waals surface area contributed by atoms with Gasteiger partial charge in [0.15, 0.2) is 0 Å². The highest BCUT2D eigenvalue weighted by Gasteiger charge is 2.15. The van der Waals surface area contributed by atoms with Crippen LogP contribution in [0, 0.1) is 5.41 Å². The van der Waals surface area contributed by atoms with Crippen LogP contribution in [0.4, 0.5) is 11.4 Å². The van der Waals surface area contributed by atoms with Crippen molar-refractivity contribution in [3.63, 3.8) is 0 Å². The first-order chi connectivity index (χ1) is 12.6. The summed E-state index contributed by atoms with van der Waals surface area (Å²) in [5, 5.41) is 26.2. The number of hydrogen-bond acceptors (Lipinski definition) is 7. The number of aliphatic hydroxyl groups excluding tert-OH is 2. The molecule has 0 aliphatic heterocycles. The van der Waals surface area contributed by atoms with Gasteiger partial charge in [-0.3, -0.25) is 5.41 Å². The summed E-state index contributed by atoms with van der Waals surface area (Å²) in [5.41, 5.74) is 8.83. The summed E-state index contributed by atoms with van der Waals surface area (Å²) in [6, 6.07) is 7.46. The molecule has 1 aliphatic carbocycles. The van der Waals surface area contributed by atoms with E-state index in [1.807, 2.05) is 36.1 Å². The van der Waals surface area contributed by atoms with Crippen molar-refractivity contribution in [3.8, 4) is 0 Å². The van der Waals surface area contributed by atoms with Crippen molar-refractivity contribution in [2.75, 3.05) is 37.8 Å². The molecule has 1 aliphatic rings. The van der Waals surface area contributed by atoms with Crippen molar-refractivity contribution >= 4 is 22.8 Å². The van der Waals surface area contributed by atoms with Crippen LogP contribution in [-0.2, 0) is 4.74 Å². The van der Waals surface area contributed by atoms with Crippen molar-refractivity contribution in [2.45, 2.75) is 13.3 Å². The van der Waals surface area contributed by atoms with E-state index in [-0.39, 0.29) is 18.9 Å². The number of nitrogens with two attached hydrogens (primary N) is 1. The number of ether oxygens (including phenoxy) is 1. The quantitative estimate of drug-likeness (QED) is 0.502. The van der Waals surface area contributed by atoms with Crippen LogP contribution < -0.4 is 10.6 Å². The monoisotopic (exact) mass is 358 g/mol. The molecule has 7 nitrogen and oxygen atoms in total. The Balaban J connectivity index is 2.21. The Hall–Kier alpha value is -2.64. The lowest BCUT2D eigenvalue weighted by atomic mass is 10.1. The largest absolute Gasteiger partial charge is 0.491 e. The topological polar surface area (TPSA) is 115 Å². The second kappa shape index (κ2) is 9.74. The highest BCUT2D eigenvalue weighted by Crippen LogP contribution is 2.22. The first kappa shape index (κ1) is 19.7. The average molecular weight is 358 g/mol. The van der Waals surface area contributed by atoms with E-state index in [1.165, 1.54) is 0 Å². The number of anilines is 1. The van der Waals surface area contributed by atoms with Gasteiger partial charge in [0.2, 0.25) is 0 Å². The van der Waals surface area contributed by atoms with E-state index >= 15 is 0 Å². The fourth-order valence-electron chi connectivity index (χ4n) is 2.50. The van der Waals surface area contributed by atoms with E-state index < -0.39 is 0 Å². The zero-order valence-corrected chi connectivity index (χ0v) is 15.0. The van der Waals surface area contributed by atoms with Crippen LogP contribution >= 0.6 is 0 Å². The molecule has 1 aromatic carbocycles. The number of rotatable bonds is 9. The fourth-order valence-corrected chi connectivity index (χ4v) is 2.50. The van der Waals surface area contributed by atoms with Crippen molar-refractivity contribution in [1.29, 1.82) is 5.41 Å². The third kappa shape index (κ3) is 5.18. The van der Waals surface area contributed by atoms with Gasteiger partial charge in [0.25, 0.3) is 0 Å². The van der Waals surface area contributed by atoms with Gasteiger partial charge in [-0.2, -0.15) is 0 Å². The van der Waals surface area contributed by atoms with E-state index in [4.69, 9.17) is 26.1 Å². The summed E-state index contributed by atoms with van der Waals surface area (Å²) in [6.45, 7) is 3.48. The van der Waals surface area contributed by atoms with Gasteiger partial charge in [0.1, 0.15) is 5.76 Å². The average Bonchev–Trinajstić information content (AvgIpc) is 2.63. The van der Waals surface area contributed by atoms with Crippen LogP contribution in [0.5, 0.6) is 0 Å². The second-order valence-corrected chi connectivity index (χ2v) is 5.82. The molecule has 0 radical (unpaired) electrons. The van der Waals surface area contributed by atoms with E-state index in [9.17, 15) is 0 Å². The normalized spacial score (nSPS) is 15.7.